The summed E-state index contributed by atoms with van der Waals surface area (Å²) in [7, 11) is 1.74. The van der Waals surface area contributed by atoms with Crippen molar-refractivity contribution in [2.45, 2.75) is 19.9 Å². The normalized spacial score (nSPS) is 16.9. The Morgan fingerprint density at radius 2 is 2.16 bits per heavy atom. The van der Waals surface area contributed by atoms with E-state index in [9.17, 15) is 4.79 Å². The van der Waals surface area contributed by atoms with Gasteiger partial charge in [0.2, 0.25) is 0 Å². The Balaban J connectivity index is 2.38. The van der Waals surface area contributed by atoms with Crippen molar-refractivity contribution in [3.63, 3.8) is 0 Å². The maximum absolute atomic E-state index is 11.6. The molecule has 1 aromatic rings. The lowest BCUT2D eigenvalue weighted by Crippen LogP contribution is -2.37. The number of likely N-dealkylation sites (N-methyl/N-ethyl adjacent to an activating group) is 1. The Kier molecular flexibility index (Phi) is 3.52. The van der Waals surface area contributed by atoms with Crippen LogP contribution < -0.4 is 21.1 Å². The van der Waals surface area contributed by atoms with Crippen molar-refractivity contribution in [1.29, 1.82) is 0 Å². The minimum Gasteiger partial charge on any atom is -0.482 e. The van der Waals surface area contributed by atoms with E-state index in [1.165, 1.54) is 0 Å². The fourth-order valence-corrected chi connectivity index (χ4v) is 2.06. The molecule has 0 aromatic heterocycles. The summed E-state index contributed by atoms with van der Waals surface area (Å²) in [5.41, 5.74) is 13.6. The molecule has 19 heavy (non-hydrogen) atoms. The van der Waals surface area contributed by atoms with Crippen LogP contribution in [0.5, 0.6) is 5.75 Å². The molecule has 1 heterocycles. The molecule has 1 amide bonds. The Hall–Kier alpha value is -1.59. The van der Waals surface area contributed by atoms with Crippen LogP contribution in [0.25, 0.3) is 0 Å². The minimum atomic E-state index is -0.202. The van der Waals surface area contributed by atoms with Crippen LogP contribution in [0.15, 0.2) is 18.2 Å². The van der Waals surface area contributed by atoms with Gasteiger partial charge in [0.15, 0.2) is 6.61 Å². The topological polar surface area (TPSA) is 81.6 Å². The second-order valence-electron chi connectivity index (χ2n) is 5.64. The monoisotopic (exact) mass is 263 g/mol. The van der Waals surface area contributed by atoms with Crippen LogP contribution in [0.4, 0.5) is 5.69 Å². The van der Waals surface area contributed by atoms with Gasteiger partial charge in [0, 0.05) is 13.1 Å². The SMILES string of the molecule is CN1C(=O)COc2ccc(C(N)C(C)(C)CN)cc21. The summed E-state index contributed by atoms with van der Waals surface area (Å²) in [6.45, 7) is 4.64. The number of benzene rings is 1. The summed E-state index contributed by atoms with van der Waals surface area (Å²) in [5, 5.41) is 0. The van der Waals surface area contributed by atoms with Gasteiger partial charge in [-0.2, -0.15) is 0 Å². The molecule has 0 saturated heterocycles. The van der Waals surface area contributed by atoms with E-state index in [0.717, 1.165) is 11.3 Å². The molecule has 0 aliphatic carbocycles. The maximum atomic E-state index is 11.6. The zero-order valence-corrected chi connectivity index (χ0v) is 11.6. The van der Waals surface area contributed by atoms with Crippen LogP contribution in [0.2, 0.25) is 0 Å². The highest BCUT2D eigenvalue weighted by molar-refractivity contribution is 5.97. The van der Waals surface area contributed by atoms with Crippen LogP contribution >= 0.6 is 0 Å². The van der Waals surface area contributed by atoms with Gasteiger partial charge in [-0.1, -0.05) is 19.9 Å². The van der Waals surface area contributed by atoms with Gasteiger partial charge in [-0.25, -0.2) is 0 Å². The molecule has 5 nitrogen and oxygen atoms in total. The molecule has 2 rings (SSSR count). The van der Waals surface area contributed by atoms with Crippen LogP contribution in [0, 0.1) is 5.41 Å². The van der Waals surface area contributed by atoms with E-state index >= 15 is 0 Å². The summed E-state index contributed by atoms with van der Waals surface area (Å²) >= 11 is 0. The first-order valence-electron chi connectivity index (χ1n) is 6.36. The van der Waals surface area contributed by atoms with Crippen molar-refractivity contribution in [2.75, 3.05) is 25.1 Å². The number of carbonyl (C=O) groups is 1. The highest BCUT2D eigenvalue weighted by atomic mass is 16.5. The number of hydrogen-bond donors (Lipinski definition) is 2. The van der Waals surface area contributed by atoms with Crippen molar-refractivity contribution >= 4 is 11.6 Å². The van der Waals surface area contributed by atoms with E-state index < -0.39 is 0 Å². The zero-order valence-electron chi connectivity index (χ0n) is 11.6. The van der Waals surface area contributed by atoms with Gasteiger partial charge in [-0.15, -0.1) is 0 Å². The number of rotatable bonds is 3. The molecule has 5 heteroatoms. The third-order valence-corrected chi connectivity index (χ3v) is 3.80. The standard InChI is InChI=1S/C14H21N3O2/c1-14(2,8-15)13(16)9-4-5-11-10(6-9)17(3)12(18)7-19-11/h4-6,13H,7-8,15-16H2,1-3H3. The molecule has 4 N–H and O–H groups in total. The van der Waals surface area contributed by atoms with Gasteiger partial charge in [-0.05, 0) is 29.7 Å². The zero-order chi connectivity index (χ0) is 14.2. The van der Waals surface area contributed by atoms with Gasteiger partial charge < -0.3 is 21.1 Å². The average molecular weight is 263 g/mol. The first kappa shape index (κ1) is 13.8. The second-order valence-corrected chi connectivity index (χ2v) is 5.64. The molecular formula is C14H21N3O2. The smallest absolute Gasteiger partial charge is 0.264 e. The average Bonchev–Trinajstić information content (AvgIpc) is 2.42. The molecular weight excluding hydrogens is 242 g/mol. The fourth-order valence-electron chi connectivity index (χ4n) is 2.06. The van der Waals surface area contributed by atoms with E-state index in [1.54, 1.807) is 11.9 Å². The van der Waals surface area contributed by atoms with Crippen molar-refractivity contribution in [3.8, 4) is 5.75 Å². The summed E-state index contributed by atoms with van der Waals surface area (Å²) in [6, 6.07) is 5.52. The number of anilines is 1. The van der Waals surface area contributed by atoms with Crippen LogP contribution in [-0.4, -0.2) is 26.1 Å². The molecule has 1 unspecified atom stereocenters. The van der Waals surface area contributed by atoms with Gasteiger partial charge in [0.1, 0.15) is 5.75 Å². The van der Waals surface area contributed by atoms with Gasteiger partial charge in [0.05, 0.1) is 5.69 Å². The Morgan fingerprint density at radius 3 is 2.79 bits per heavy atom. The van der Waals surface area contributed by atoms with Gasteiger partial charge >= 0.3 is 0 Å². The first-order chi connectivity index (χ1) is 8.86. The predicted octanol–water partition coefficient (Wildman–Crippen LogP) is 1.03. The fraction of sp³-hybridized carbons (Fsp3) is 0.500. The lowest BCUT2D eigenvalue weighted by Gasteiger charge is -2.32. The number of carbonyl (C=O) groups excluding carboxylic acids is 1. The molecule has 0 radical (unpaired) electrons. The number of fused-ring (bicyclic) bond motifs is 1. The van der Waals surface area contributed by atoms with Gasteiger partial charge in [-0.3, -0.25) is 4.79 Å². The lowest BCUT2D eigenvalue weighted by molar-refractivity contribution is -0.120. The van der Waals surface area contributed by atoms with E-state index in [4.69, 9.17) is 16.2 Å². The van der Waals surface area contributed by atoms with E-state index in [2.05, 4.69) is 0 Å². The first-order valence-corrected chi connectivity index (χ1v) is 6.36. The summed E-state index contributed by atoms with van der Waals surface area (Å²) < 4.78 is 5.40. The highest BCUT2D eigenvalue weighted by Gasteiger charge is 2.29. The molecule has 1 aliphatic rings. The molecule has 0 fully saturated rings. The minimum absolute atomic E-state index is 0.0590. The van der Waals surface area contributed by atoms with Crippen LogP contribution in [0.3, 0.4) is 0 Å². The van der Waals surface area contributed by atoms with E-state index in [0.29, 0.717) is 12.3 Å². The summed E-state index contributed by atoms with van der Waals surface area (Å²) in [6.07, 6.45) is 0. The van der Waals surface area contributed by atoms with Crippen molar-refractivity contribution in [1.82, 2.24) is 0 Å². The molecule has 1 aromatic carbocycles. The third-order valence-electron chi connectivity index (χ3n) is 3.80. The Labute approximate surface area is 113 Å². The Morgan fingerprint density at radius 1 is 1.47 bits per heavy atom. The number of hydrogen-bond acceptors (Lipinski definition) is 4. The number of nitrogens with zero attached hydrogens (tertiary/aromatic N) is 1. The number of ether oxygens (including phenoxy) is 1. The van der Waals surface area contributed by atoms with Crippen LogP contribution in [-0.2, 0) is 4.79 Å². The third kappa shape index (κ3) is 2.43. The molecule has 1 atom stereocenters. The number of nitrogens with two attached hydrogens (primary N) is 2. The van der Waals surface area contributed by atoms with Gasteiger partial charge in [0.25, 0.3) is 5.91 Å². The molecule has 1 aliphatic heterocycles. The van der Waals surface area contributed by atoms with Crippen molar-refractivity contribution < 1.29 is 9.53 Å². The molecule has 0 spiro atoms. The quantitative estimate of drug-likeness (QED) is 0.853. The molecule has 104 valence electrons. The van der Waals surface area contributed by atoms with Crippen molar-refractivity contribution in [2.24, 2.45) is 16.9 Å². The Bertz CT molecular complexity index is 499. The van der Waals surface area contributed by atoms with Crippen molar-refractivity contribution in [3.05, 3.63) is 23.8 Å². The maximum Gasteiger partial charge on any atom is 0.264 e. The van der Waals surface area contributed by atoms with E-state index in [1.807, 2.05) is 32.0 Å². The highest BCUT2D eigenvalue weighted by Crippen LogP contribution is 2.37. The number of amides is 1. The van der Waals surface area contributed by atoms with E-state index in [-0.39, 0.29) is 24.0 Å². The summed E-state index contributed by atoms with van der Waals surface area (Å²) in [4.78, 5) is 13.2. The largest absolute Gasteiger partial charge is 0.482 e. The summed E-state index contributed by atoms with van der Waals surface area (Å²) in [5.74, 6) is 0.653. The molecule has 0 bridgehead atoms. The molecule has 0 saturated carbocycles. The lowest BCUT2D eigenvalue weighted by atomic mass is 9.81. The predicted molar refractivity (Wildman–Crippen MR) is 75.1 cm³/mol. The van der Waals surface area contributed by atoms with Crippen LogP contribution in [0.1, 0.15) is 25.5 Å². The second kappa shape index (κ2) is 4.83.